The van der Waals surface area contributed by atoms with Gasteiger partial charge in [-0.3, -0.25) is 4.79 Å². The Morgan fingerprint density at radius 2 is 2.15 bits per heavy atom. The van der Waals surface area contributed by atoms with Crippen LogP contribution in [-0.2, 0) is 21.1 Å². The number of sulfone groups is 1. The minimum atomic E-state index is -3.04. The summed E-state index contributed by atoms with van der Waals surface area (Å²) in [7, 11) is -1.45. The molecule has 2 heterocycles. The summed E-state index contributed by atoms with van der Waals surface area (Å²) in [4.78, 5) is 14.7. The molecule has 7 heteroatoms. The maximum atomic E-state index is 13.0. The summed E-state index contributed by atoms with van der Waals surface area (Å²) in [5, 5.41) is 0.877. The van der Waals surface area contributed by atoms with Gasteiger partial charge in [-0.2, -0.15) is 0 Å². The Hall–Kier alpha value is -2.02. The van der Waals surface area contributed by atoms with Crippen molar-refractivity contribution in [3.8, 4) is 5.75 Å². The third-order valence-electron chi connectivity index (χ3n) is 4.74. The van der Waals surface area contributed by atoms with E-state index in [0.29, 0.717) is 24.3 Å². The van der Waals surface area contributed by atoms with E-state index in [-0.39, 0.29) is 35.8 Å². The van der Waals surface area contributed by atoms with E-state index in [0.717, 1.165) is 10.9 Å². The zero-order chi connectivity index (χ0) is 18.9. The second-order valence-corrected chi connectivity index (χ2v) is 9.53. The number of carbonyl (C=O) groups excluding carboxylic acids is 1. The fourth-order valence-electron chi connectivity index (χ4n) is 3.46. The summed E-state index contributed by atoms with van der Waals surface area (Å²) in [6.07, 6.45) is 2.31. The van der Waals surface area contributed by atoms with Crippen LogP contribution in [-0.4, -0.2) is 50.4 Å². The van der Waals surface area contributed by atoms with Crippen molar-refractivity contribution < 1.29 is 22.4 Å². The highest BCUT2D eigenvalue weighted by atomic mass is 32.2. The molecule has 1 fully saturated rings. The van der Waals surface area contributed by atoms with Crippen LogP contribution in [0.1, 0.15) is 25.8 Å². The van der Waals surface area contributed by atoms with Crippen molar-refractivity contribution in [3.63, 3.8) is 0 Å². The molecule has 0 bridgehead atoms. The number of methoxy groups -OCH3 is 1. The zero-order valence-corrected chi connectivity index (χ0v) is 16.2. The van der Waals surface area contributed by atoms with Crippen LogP contribution >= 0.6 is 0 Å². The monoisotopic (exact) mass is 379 g/mol. The van der Waals surface area contributed by atoms with Crippen molar-refractivity contribution in [1.82, 2.24) is 4.90 Å². The number of hydrogen-bond acceptors (Lipinski definition) is 5. The molecular formula is C19H25NO5S. The fraction of sp³-hybridized carbons (Fsp3) is 0.526. The Morgan fingerprint density at radius 1 is 1.38 bits per heavy atom. The topological polar surface area (TPSA) is 76.8 Å². The molecule has 0 spiro atoms. The predicted molar refractivity (Wildman–Crippen MR) is 100 cm³/mol. The highest BCUT2D eigenvalue weighted by Crippen LogP contribution is 2.27. The van der Waals surface area contributed by atoms with E-state index < -0.39 is 9.84 Å². The highest BCUT2D eigenvalue weighted by molar-refractivity contribution is 7.91. The van der Waals surface area contributed by atoms with Crippen LogP contribution in [0.25, 0.3) is 11.0 Å². The molecule has 1 amide bonds. The number of nitrogens with zero attached hydrogens (tertiary/aromatic N) is 1. The number of furan rings is 1. The van der Waals surface area contributed by atoms with E-state index in [4.69, 9.17) is 9.15 Å². The van der Waals surface area contributed by atoms with Gasteiger partial charge in [0.05, 0.1) is 31.3 Å². The zero-order valence-electron chi connectivity index (χ0n) is 15.4. The maximum absolute atomic E-state index is 13.0. The molecule has 0 aliphatic carbocycles. The molecule has 142 valence electrons. The van der Waals surface area contributed by atoms with Gasteiger partial charge in [0.2, 0.25) is 5.91 Å². The van der Waals surface area contributed by atoms with E-state index in [2.05, 4.69) is 0 Å². The normalized spacial score (nSPS) is 19.2. The number of fused-ring (bicyclic) bond motifs is 1. The van der Waals surface area contributed by atoms with E-state index in [1.165, 1.54) is 0 Å². The molecule has 1 aliphatic heterocycles. The SMILES string of the molecule is COc1ccc2c(CC(=O)N(CC(C)C)[C@H]3CCS(=O)(=O)C3)coc2c1. The molecule has 0 radical (unpaired) electrons. The maximum Gasteiger partial charge on any atom is 0.227 e. The van der Waals surface area contributed by atoms with Crippen LogP contribution in [0.15, 0.2) is 28.9 Å². The molecule has 1 atom stereocenters. The first-order valence-corrected chi connectivity index (χ1v) is 10.6. The Bertz CT molecular complexity index is 900. The Kier molecular flexibility index (Phi) is 5.27. The largest absolute Gasteiger partial charge is 0.497 e. The molecule has 1 aliphatic rings. The lowest BCUT2D eigenvalue weighted by Crippen LogP contribution is -2.44. The number of carbonyl (C=O) groups is 1. The van der Waals surface area contributed by atoms with Gasteiger partial charge in [-0.25, -0.2) is 8.42 Å². The molecule has 1 saturated heterocycles. The highest BCUT2D eigenvalue weighted by Gasteiger charge is 2.35. The smallest absolute Gasteiger partial charge is 0.227 e. The fourth-order valence-corrected chi connectivity index (χ4v) is 5.19. The number of amides is 1. The second-order valence-electron chi connectivity index (χ2n) is 7.30. The molecule has 3 rings (SSSR count). The van der Waals surface area contributed by atoms with Gasteiger partial charge >= 0.3 is 0 Å². The lowest BCUT2D eigenvalue weighted by atomic mass is 10.1. The van der Waals surface area contributed by atoms with Crippen LogP contribution in [0.5, 0.6) is 5.75 Å². The average Bonchev–Trinajstić information content (AvgIpc) is 3.15. The third-order valence-corrected chi connectivity index (χ3v) is 6.49. The first-order chi connectivity index (χ1) is 12.3. The Balaban J connectivity index is 1.81. The lowest BCUT2D eigenvalue weighted by molar-refractivity contribution is -0.132. The van der Waals surface area contributed by atoms with Crippen LogP contribution in [0, 0.1) is 5.92 Å². The quantitative estimate of drug-likeness (QED) is 0.771. The molecule has 0 unspecified atom stereocenters. The van der Waals surface area contributed by atoms with Gasteiger partial charge in [0.1, 0.15) is 11.3 Å². The Labute approximate surface area is 154 Å². The van der Waals surface area contributed by atoms with E-state index in [9.17, 15) is 13.2 Å². The van der Waals surface area contributed by atoms with Crippen molar-refractivity contribution in [3.05, 3.63) is 30.0 Å². The Morgan fingerprint density at radius 3 is 2.77 bits per heavy atom. The minimum Gasteiger partial charge on any atom is -0.497 e. The van der Waals surface area contributed by atoms with Gasteiger partial charge < -0.3 is 14.1 Å². The number of hydrogen-bond donors (Lipinski definition) is 0. The van der Waals surface area contributed by atoms with Crippen molar-refractivity contribution in [2.45, 2.75) is 32.7 Å². The summed E-state index contributed by atoms with van der Waals surface area (Å²) < 4.78 is 34.4. The van der Waals surface area contributed by atoms with Gasteiger partial charge in [-0.15, -0.1) is 0 Å². The van der Waals surface area contributed by atoms with Crippen LogP contribution in [0.3, 0.4) is 0 Å². The van der Waals surface area contributed by atoms with E-state index in [1.807, 2.05) is 26.0 Å². The second kappa shape index (κ2) is 7.31. The molecule has 6 nitrogen and oxygen atoms in total. The summed E-state index contributed by atoms with van der Waals surface area (Å²) in [5.74, 6) is 1.14. The van der Waals surface area contributed by atoms with Crippen LogP contribution < -0.4 is 4.74 Å². The standard InChI is InChI=1S/C19H25NO5S/c1-13(2)10-20(15-6-7-26(22,23)12-15)19(21)8-14-11-25-18-9-16(24-3)4-5-17(14)18/h4-5,9,11,13,15H,6-8,10,12H2,1-3H3/t15-/m0/s1. The van der Waals surface area contributed by atoms with Gasteiger partial charge in [0, 0.05) is 29.6 Å². The van der Waals surface area contributed by atoms with Crippen LogP contribution in [0.4, 0.5) is 0 Å². The molecule has 1 aromatic heterocycles. The third kappa shape index (κ3) is 4.03. The summed E-state index contributed by atoms with van der Waals surface area (Å²) >= 11 is 0. The first-order valence-electron chi connectivity index (χ1n) is 8.83. The molecule has 0 N–H and O–H groups in total. The van der Waals surface area contributed by atoms with Crippen molar-refractivity contribution in [2.24, 2.45) is 5.92 Å². The number of benzene rings is 1. The van der Waals surface area contributed by atoms with E-state index >= 15 is 0 Å². The molecule has 1 aromatic carbocycles. The van der Waals surface area contributed by atoms with E-state index in [1.54, 1.807) is 24.3 Å². The minimum absolute atomic E-state index is 0.0562. The summed E-state index contributed by atoms with van der Waals surface area (Å²) in [6, 6.07) is 5.28. The average molecular weight is 379 g/mol. The van der Waals surface area contributed by atoms with Gasteiger partial charge in [-0.1, -0.05) is 13.8 Å². The van der Waals surface area contributed by atoms with Gasteiger partial charge in [0.15, 0.2) is 9.84 Å². The predicted octanol–water partition coefficient (Wildman–Crippen LogP) is 2.66. The number of ether oxygens (including phenoxy) is 1. The van der Waals surface area contributed by atoms with Crippen molar-refractivity contribution >= 4 is 26.7 Å². The first kappa shape index (κ1) is 18.8. The van der Waals surface area contributed by atoms with Crippen molar-refractivity contribution in [2.75, 3.05) is 25.2 Å². The molecule has 2 aromatic rings. The summed E-state index contributed by atoms with van der Waals surface area (Å²) in [5.41, 5.74) is 1.48. The van der Waals surface area contributed by atoms with Gasteiger partial charge in [0.25, 0.3) is 0 Å². The molecular weight excluding hydrogens is 354 g/mol. The summed E-state index contributed by atoms with van der Waals surface area (Å²) in [6.45, 7) is 4.62. The number of rotatable bonds is 6. The van der Waals surface area contributed by atoms with Crippen molar-refractivity contribution in [1.29, 1.82) is 0 Å². The van der Waals surface area contributed by atoms with Gasteiger partial charge in [-0.05, 0) is 24.5 Å². The molecule has 26 heavy (non-hydrogen) atoms. The molecule has 0 saturated carbocycles. The van der Waals surface area contributed by atoms with Crippen LogP contribution in [0.2, 0.25) is 0 Å². The lowest BCUT2D eigenvalue weighted by Gasteiger charge is -2.30.